The molecule has 3 nitrogen and oxygen atoms in total. The molecule has 0 aromatic heterocycles. The van der Waals surface area contributed by atoms with Gasteiger partial charge < -0.3 is 0 Å². The van der Waals surface area contributed by atoms with Crippen molar-refractivity contribution in [2.75, 3.05) is 0 Å². The first-order valence-corrected chi connectivity index (χ1v) is 6.66. The quantitative estimate of drug-likeness (QED) is 0.788. The summed E-state index contributed by atoms with van der Waals surface area (Å²) < 4.78 is 0. The minimum absolute atomic E-state index is 0.164. The lowest BCUT2D eigenvalue weighted by Crippen LogP contribution is -2.37. The molecule has 1 aromatic rings. The van der Waals surface area contributed by atoms with E-state index >= 15 is 0 Å². The first-order valence-electron chi connectivity index (χ1n) is 5.91. The number of hydrogen-bond acceptors (Lipinski definition) is 3. The Morgan fingerprint density at radius 1 is 1.16 bits per heavy atom. The Morgan fingerprint density at radius 3 is 2.21 bits per heavy atom. The molecule has 1 saturated carbocycles. The first kappa shape index (κ1) is 14.2. The normalized spacial score (nSPS) is 23.5. The maximum absolute atomic E-state index is 11.9. The Balaban J connectivity index is 2.28. The summed E-state index contributed by atoms with van der Waals surface area (Å²) >= 11 is 11.9. The van der Waals surface area contributed by atoms with E-state index in [1.807, 2.05) is 0 Å². The van der Waals surface area contributed by atoms with Gasteiger partial charge in [0.15, 0.2) is 11.6 Å². The van der Waals surface area contributed by atoms with Crippen LogP contribution in [0.1, 0.15) is 31.2 Å². The van der Waals surface area contributed by atoms with Gasteiger partial charge in [-0.05, 0) is 30.5 Å². The van der Waals surface area contributed by atoms with Gasteiger partial charge in [-0.2, -0.15) is 0 Å². The Labute approximate surface area is 120 Å². The van der Waals surface area contributed by atoms with E-state index in [9.17, 15) is 14.4 Å². The lowest BCUT2D eigenvalue weighted by molar-refractivity contribution is -0.141. The van der Waals surface area contributed by atoms with Gasteiger partial charge in [-0.15, -0.1) is 0 Å². The monoisotopic (exact) mass is 298 g/mol. The highest BCUT2D eigenvalue weighted by Gasteiger charge is 2.39. The number of rotatable bonds is 2. The van der Waals surface area contributed by atoms with Crippen LogP contribution in [0, 0.1) is 5.92 Å². The van der Waals surface area contributed by atoms with Gasteiger partial charge in [-0.25, -0.2) is 0 Å². The molecule has 1 aliphatic carbocycles. The Bertz CT molecular complexity index is 548. The van der Waals surface area contributed by atoms with Crippen LogP contribution < -0.4 is 0 Å². The topological polar surface area (TPSA) is 51.2 Å². The Hall–Kier alpha value is -1.19. The van der Waals surface area contributed by atoms with Crippen LogP contribution in [0.5, 0.6) is 0 Å². The molecule has 2 rings (SSSR count). The van der Waals surface area contributed by atoms with Gasteiger partial charge in [0.2, 0.25) is 0 Å². The van der Waals surface area contributed by atoms with Gasteiger partial charge in [0.05, 0.1) is 0 Å². The van der Waals surface area contributed by atoms with Crippen molar-refractivity contribution in [1.82, 2.24) is 0 Å². The van der Waals surface area contributed by atoms with E-state index in [1.165, 1.54) is 6.92 Å². The lowest BCUT2D eigenvalue weighted by atomic mass is 9.75. The maximum atomic E-state index is 11.9. The van der Waals surface area contributed by atoms with E-state index in [2.05, 4.69) is 0 Å². The second-order valence-electron chi connectivity index (χ2n) is 4.75. The summed E-state index contributed by atoms with van der Waals surface area (Å²) in [5.74, 6) is -2.36. The van der Waals surface area contributed by atoms with E-state index in [4.69, 9.17) is 23.2 Å². The molecule has 0 amide bonds. The van der Waals surface area contributed by atoms with Crippen LogP contribution >= 0.6 is 23.2 Å². The molecular formula is C14H12Cl2O3. The SMILES string of the molecule is CC(=O)C1C(=O)CC(c2ccc(Cl)cc2Cl)CC1=O. The third kappa shape index (κ3) is 2.88. The molecule has 100 valence electrons. The molecule has 1 aromatic carbocycles. The zero-order valence-electron chi connectivity index (χ0n) is 10.3. The Kier molecular flexibility index (Phi) is 4.07. The van der Waals surface area contributed by atoms with Crippen molar-refractivity contribution >= 4 is 40.6 Å². The third-order valence-electron chi connectivity index (χ3n) is 3.35. The van der Waals surface area contributed by atoms with Crippen LogP contribution in [0.4, 0.5) is 0 Å². The second kappa shape index (κ2) is 5.43. The summed E-state index contributed by atoms with van der Waals surface area (Å²) in [6, 6.07) is 4.99. The molecule has 19 heavy (non-hydrogen) atoms. The van der Waals surface area contributed by atoms with Crippen molar-refractivity contribution in [3.05, 3.63) is 33.8 Å². The van der Waals surface area contributed by atoms with E-state index in [0.717, 1.165) is 5.56 Å². The van der Waals surface area contributed by atoms with Gasteiger partial charge in [0.25, 0.3) is 0 Å². The highest BCUT2D eigenvalue weighted by Crippen LogP contribution is 2.36. The van der Waals surface area contributed by atoms with E-state index in [0.29, 0.717) is 10.0 Å². The minimum atomic E-state index is -1.08. The van der Waals surface area contributed by atoms with Crippen molar-refractivity contribution in [3.8, 4) is 0 Å². The summed E-state index contributed by atoms with van der Waals surface area (Å²) in [6.45, 7) is 1.27. The average Bonchev–Trinajstić information content (AvgIpc) is 2.26. The van der Waals surface area contributed by atoms with Gasteiger partial charge in [-0.1, -0.05) is 29.3 Å². The Morgan fingerprint density at radius 2 is 1.74 bits per heavy atom. The maximum Gasteiger partial charge on any atom is 0.151 e. The number of ketones is 3. The molecule has 0 heterocycles. The molecular weight excluding hydrogens is 287 g/mol. The van der Waals surface area contributed by atoms with E-state index < -0.39 is 5.92 Å². The summed E-state index contributed by atoms with van der Waals surface area (Å²) in [7, 11) is 0. The van der Waals surface area contributed by atoms with Crippen molar-refractivity contribution < 1.29 is 14.4 Å². The smallest absolute Gasteiger partial charge is 0.151 e. The van der Waals surface area contributed by atoms with Gasteiger partial charge in [0.1, 0.15) is 11.7 Å². The molecule has 0 bridgehead atoms. The van der Waals surface area contributed by atoms with Gasteiger partial charge in [-0.3, -0.25) is 14.4 Å². The van der Waals surface area contributed by atoms with Crippen molar-refractivity contribution in [2.24, 2.45) is 5.92 Å². The highest BCUT2D eigenvalue weighted by molar-refractivity contribution is 6.35. The largest absolute Gasteiger partial charge is 0.299 e. The van der Waals surface area contributed by atoms with E-state index in [-0.39, 0.29) is 36.1 Å². The number of benzene rings is 1. The molecule has 0 N–H and O–H groups in total. The molecule has 0 saturated heterocycles. The van der Waals surface area contributed by atoms with Crippen LogP contribution in [-0.4, -0.2) is 17.3 Å². The molecule has 5 heteroatoms. The van der Waals surface area contributed by atoms with Crippen molar-refractivity contribution in [3.63, 3.8) is 0 Å². The summed E-state index contributed by atoms with van der Waals surface area (Å²) in [6.07, 6.45) is 0.328. The fourth-order valence-electron chi connectivity index (χ4n) is 2.48. The summed E-state index contributed by atoms with van der Waals surface area (Å²) in [4.78, 5) is 35.1. The molecule has 0 unspecified atom stereocenters. The predicted molar refractivity (Wildman–Crippen MR) is 72.6 cm³/mol. The molecule has 0 spiro atoms. The van der Waals surface area contributed by atoms with Gasteiger partial charge >= 0.3 is 0 Å². The standard InChI is InChI=1S/C14H12Cl2O3/c1-7(17)14-12(18)4-8(5-13(14)19)10-3-2-9(15)6-11(10)16/h2-3,6,8,14H,4-5H2,1H3. The number of halogens is 2. The fraction of sp³-hybridized carbons (Fsp3) is 0.357. The van der Waals surface area contributed by atoms with Gasteiger partial charge in [0, 0.05) is 22.9 Å². The van der Waals surface area contributed by atoms with Crippen molar-refractivity contribution in [2.45, 2.75) is 25.7 Å². The average molecular weight is 299 g/mol. The number of carbonyl (C=O) groups is 3. The lowest BCUT2D eigenvalue weighted by Gasteiger charge is -2.25. The van der Waals surface area contributed by atoms with Crippen LogP contribution in [0.25, 0.3) is 0 Å². The first-order chi connectivity index (χ1) is 8.90. The third-order valence-corrected chi connectivity index (χ3v) is 3.91. The van der Waals surface area contributed by atoms with Crippen LogP contribution in [-0.2, 0) is 14.4 Å². The van der Waals surface area contributed by atoms with Crippen molar-refractivity contribution in [1.29, 1.82) is 0 Å². The van der Waals surface area contributed by atoms with Crippen LogP contribution in [0.15, 0.2) is 18.2 Å². The number of carbonyl (C=O) groups excluding carboxylic acids is 3. The summed E-state index contributed by atoms with van der Waals surface area (Å²) in [5, 5.41) is 0.947. The zero-order chi connectivity index (χ0) is 14.2. The second-order valence-corrected chi connectivity index (χ2v) is 5.59. The fourth-order valence-corrected chi connectivity index (χ4v) is 3.04. The summed E-state index contributed by atoms with van der Waals surface area (Å²) in [5.41, 5.74) is 0.731. The molecule has 0 atom stereocenters. The predicted octanol–water partition coefficient (Wildman–Crippen LogP) is 3.21. The number of hydrogen-bond donors (Lipinski definition) is 0. The van der Waals surface area contributed by atoms with Crippen LogP contribution in [0.3, 0.4) is 0 Å². The highest BCUT2D eigenvalue weighted by atomic mass is 35.5. The van der Waals surface area contributed by atoms with E-state index in [1.54, 1.807) is 18.2 Å². The zero-order valence-corrected chi connectivity index (χ0v) is 11.8. The molecule has 0 aliphatic heterocycles. The molecule has 1 fully saturated rings. The molecule has 1 aliphatic rings. The van der Waals surface area contributed by atoms with Crippen LogP contribution in [0.2, 0.25) is 10.0 Å². The number of Topliss-reactive ketones (excluding diaryl/α,β-unsaturated/α-hetero) is 3. The molecule has 0 radical (unpaired) electrons. The minimum Gasteiger partial charge on any atom is -0.299 e.